The number of carbonyl (C=O) groups is 1. The van der Waals surface area contributed by atoms with Gasteiger partial charge in [0, 0.05) is 0 Å². The summed E-state index contributed by atoms with van der Waals surface area (Å²) in [7, 11) is 0. The van der Waals surface area contributed by atoms with Gasteiger partial charge in [0.2, 0.25) is 0 Å². The Morgan fingerprint density at radius 1 is 1.27 bits per heavy atom. The highest BCUT2D eigenvalue weighted by Gasteiger charge is 2.21. The molecular weight excluding hydrogens is 200 g/mol. The zero-order valence-corrected chi connectivity index (χ0v) is 8.90. The lowest BCUT2D eigenvalue weighted by molar-refractivity contribution is 0.0995. The van der Waals surface area contributed by atoms with Crippen molar-refractivity contribution in [2.75, 3.05) is 0 Å². The first-order valence-corrected chi connectivity index (χ1v) is 4.53. The molecule has 0 unspecified atom stereocenters. The summed E-state index contributed by atoms with van der Waals surface area (Å²) >= 11 is 0. The van der Waals surface area contributed by atoms with Gasteiger partial charge in [-0.05, 0) is 23.1 Å². The molecule has 1 aromatic carbocycles. The summed E-state index contributed by atoms with van der Waals surface area (Å²) in [5.74, 6) is -3.19. The van der Waals surface area contributed by atoms with E-state index in [1.165, 1.54) is 6.07 Å². The summed E-state index contributed by atoms with van der Waals surface area (Å²) in [6, 6.07) is 2.38. The Labute approximate surface area is 87.1 Å². The molecule has 0 atom stereocenters. The van der Waals surface area contributed by atoms with Crippen LogP contribution in [0.5, 0.6) is 0 Å². The van der Waals surface area contributed by atoms with Crippen molar-refractivity contribution >= 4 is 5.91 Å². The van der Waals surface area contributed by atoms with Gasteiger partial charge >= 0.3 is 0 Å². The number of hydrogen-bond acceptors (Lipinski definition) is 1. The Morgan fingerprint density at radius 2 is 1.80 bits per heavy atom. The molecule has 0 saturated heterocycles. The molecule has 0 radical (unpaired) electrons. The van der Waals surface area contributed by atoms with Crippen molar-refractivity contribution < 1.29 is 13.6 Å². The van der Waals surface area contributed by atoms with Crippen LogP contribution >= 0.6 is 0 Å². The van der Waals surface area contributed by atoms with Crippen LogP contribution in [0, 0.1) is 11.6 Å². The molecule has 0 saturated carbocycles. The van der Waals surface area contributed by atoms with E-state index in [1.807, 2.05) is 20.8 Å². The lowest BCUT2D eigenvalue weighted by Gasteiger charge is -2.19. The van der Waals surface area contributed by atoms with Crippen LogP contribution in [0.15, 0.2) is 12.1 Å². The number of benzene rings is 1. The van der Waals surface area contributed by atoms with Crippen molar-refractivity contribution in [3.63, 3.8) is 0 Å². The number of hydrogen-bond donors (Lipinski definition) is 1. The van der Waals surface area contributed by atoms with Crippen molar-refractivity contribution in [3.8, 4) is 0 Å². The van der Waals surface area contributed by atoms with Crippen molar-refractivity contribution in [3.05, 3.63) is 34.9 Å². The zero-order valence-electron chi connectivity index (χ0n) is 8.90. The molecule has 1 amide bonds. The molecule has 2 N–H and O–H groups in total. The summed E-state index contributed by atoms with van der Waals surface area (Å²) in [4.78, 5) is 10.9. The van der Waals surface area contributed by atoms with Crippen LogP contribution in [-0.2, 0) is 5.41 Å². The quantitative estimate of drug-likeness (QED) is 0.764. The van der Waals surface area contributed by atoms with Crippen molar-refractivity contribution in [2.24, 2.45) is 5.73 Å². The van der Waals surface area contributed by atoms with Gasteiger partial charge in [-0.15, -0.1) is 0 Å². The van der Waals surface area contributed by atoms with E-state index in [0.29, 0.717) is 5.56 Å². The van der Waals surface area contributed by atoms with E-state index in [0.717, 1.165) is 6.07 Å². The minimum Gasteiger partial charge on any atom is -0.366 e. The van der Waals surface area contributed by atoms with Gasteiger partial charge in [0.15, 0.2) is 11.6 Å². The molecule has 82 valence electrons. The van der Waals surface area contributed by atoms with E-state index in [4.69, 9.17) is 5.73 Å². The summed E-state index contributed by atoms with van der Waals surface area (Å²) < 4.78 is 26.3. The molecule has 0 aliphatic carbocycles. The molecule has 0 fully saturated rings. The molecule has 15 heavy (non-hydrogen) atoms. The monoisotopic (exact) mass is 213 g/mol. The summed E-state index contributed by atoms with van der Waals surface area (Å²) in [5, 5.41) is 0. The maximum Gasteiger partial charge on any atom is 0.251 e. The SMILES string of the molecule is CC(C)(C)c1cc(F)c(F)c(C(N)=O)c1. The highest BCUT2D eigenvalue weighted by atomic mass is 19.2. The molecule has 0 spiro atoms. The van der Waals surface area contributed by atoms with Crippen LogP contribution in [-0.4, -0.2) is 5.91 Å². The molecule has 0 heterocycles. The second-order valence-electron chi connectivity index (χ2n) is 4.43. The van der Waals surface area contributed by atoms with E-state index in [2.05, 4.69) is 0 Å². The average Bonchev–Trinajstić information content (AvgIpc) is 2.06. The topological polar surface area (TPSA) is 43.1 Å². The lowest BCUT2D eigenvalue weighted by atomic mass is 9.86. The zero-order chi connectivity index (χ0) is 11.8. The van der Waals surface area contributed by atoms with Gasteiger partial charge in [-0.1, -0.05) is 20.8 Å². The Hall–Kier alpha value is -1.45. The molecule has 2 nitrogen and oxygen atoms in total. The predicted octanol–water partition coefficient (Wildman–Crippen LogP) is 2.36. The number of primary amides is 1. The summed E-state index contributed by atoms with van der Waals surface area (Å²) in [6.07, 6.45) is 0. The van der Waals surface area contributed by atoms with Gasteiger partial charge in [0.05, 0.1) is 5.56 Å². The molecule has 0 bridgehead atoms. The first-order valence-electron chi connectivity index (χ1n) is 4.53. The number of rotatable bonds is 1. The van der Waals surface area contributed by atoms with Crippen molar-refractivity contribution in [2.45, 2.75) is 26.2 Å². The second-order valence-corrected chi connectivity index (χ2v) is 4.43. The Balaban J connectivity index is 3.43. The molecule has 4 heteroatoms. The van der Waals surface area contributed by atoms with Gasteiger partial charge in [0.1, 0.15) is 0 Å². The van der Waals surface area contributed by atoms with E-state index < -0.39 is 23.1 Å². The third-order valence-electron chi connectivity index (χ3n) is 2.16. The average molecular weight is 213 g/mol. The second kappa shape index (κ2) is 3.61. The number of carbonyl (C=O) groups excluding carboxylic acids is 1. The maximum atomic E-state index is 13.1. The van der Waals surface area contributed by atoms with Gasteiger partial charge in [0.25, 0.3) is 5.91 Å². The van der Waals surface area contributed by atoms with Crippen molar-refractivity contribution in [1.82, 2.24) is 0 Å². The largest absolute Gasteiger partial charge is 0.366 e. The molecule has 0 aliphatic heterocycles. The highest BCUT2D eigenvalue weighted by Crippen LogP contribution is 2.25. The van der Waals surface area contributed by atoms with Crippen LogP contribution < -0.4 is 5.73 Å². The van der Waals surface area contributed by atoms with Crippen LogP contribution in [0.3, 0.4) is 0 Å². The normalized spacial score (nSPS) is 11.5. The summed E-state index contributed by atoms with van der Waals surface area (Å²) in [6.45, 7) is 5.51. The van der Waals surface area contributed by atoms with E-state index >= 15 is 0 Å². The molecule has 1 rings (SSSR count). The first kappa shape index (κ1) is 11.6. The first-order chi connectivity index (χ1) is 6.73. The fourth-order valence-electron chi connectivity index (χ4n) is 1.20. The molecule has 0 aromatic heterocycles. The number of amides is 1. The van der Waals surface area contributed by atoms with Crippen LogP contribution in [0.1, 0.15) is 36.7 Å². The third-order valence-corrected chi connectivity index (χ3v) is 2.16. The van der Waals surface area contributed by atoms with Crippen LogP contribution in [0.2, 0.25) is 0 Å². The van der Waals surface area contributed by atoms with Gasteiger partial charge in [-0.2, -0.15) is 0 Å². The lowest BCUT2D eigenvalue weighted by Crippen LogP contribution is -2.18. The van der Waals surface area contributed by atoms with Crippen molar-refractivity contribution in [1.29, 1.82) is 0 Å². The van der Waals surface area contributed by atoms with E-state index in [1.54, 1.807) is 0 Å². The van der Waals surface area contributed by atoms with E-state index in [9.17, 15) is 13.6 Å². The molecule has 1 aromatic rings. The standard InChI is InChI=1S/C11H13F2NO/c1-11(2,3)6-4-7(10(14)15)9(13)8(12)5-6/h4-5H,1-3H3,(H2,14,15). The van der Waals surface area contributed by atoms with Gasteiger partial charge in [-0.3, -0.25) is 4.79 Å². The number of halogens is 2. The van der Waals surface area contributed by atoms with Crippen LogP contribution in [0.25, 0.3) is 0 Å². The van der Waals surface area contributed by atoms with Crippen LogP contribution in [0.4, 0.5) is 8.78 Å². The number of nitrogens with two attached hydrogens (primary N) is 1. The predicted molar refractivity (Wildman–Crippen MR) is 53.6 cm³/mol. The van der Waals surface area contributed by atoms with E-state index in [-0.39, 0.29) is 5.41 Å². The smallest absolute Gasteiger partial charge is 0.251 e. The minimum absolute atomic E-state index is 0.362. The Kier molecular flexibility index (Phi) is 2.79. The maximum absolute atomic E-state index is 13.1. The molecular formula is C11H13F2NO. The summed E-state index contributed by atoms with van der Waals surface area (Å²) in [5.41, 5.74) is 4.72. The Morgan fingerprint density at radius 3 is 2.20 bits per heavy atom. The van der Waals surface area contributed by atoms with Gasteiger partial charge < -0.3 is 5.73 Å². The fraction of sp³-hybridized carbons (Fsp3) is 0.364. The fourth-order valence-corrected chi connectivity index (χ4v) is 1.20. The third kappa shape index (κ3) is 2.32. The molecule has 0 aliphatic rings. The minimum atomic E-state index is -1.18. The highest BCUT2D eigenvalue weighted by molar-refractivity contribution is 5.93. The Bertz CT molecular complexity index is 408. The van der Waals surface area contributed by atoms with Gasteiger partial charge in [-0.25, -0.2) is 8.78 Å².